The van der Waals surface area contributed by atoms with Gasteiger partial charge in [-0.2, -0.15) is 0 Å². The van der Waals surface area contributed by atoms with Crippen LogP contribution < -0.4 is 5.32 Å². The highest BCUT2D eigenvalue weighted by atomic mass is 32.2. The van der Waals surface area contributed by atoms with Gasteiger partial charge in [-0.05, 0) is 43.5 Å². The Bertz CT molecular complexity index is 425. The number of nitrogens with one attached hydrogen (secondary N) is 1. The molecule has 0 saturated carbocycles. The third-order valence-corrected chi connectivity index (χ3v) is 5.15. The lowest BCUT2D eigenvalue weighted by Gasteiger charge is -2.15. The predicted octanol–water partition coefficient (Wildman–Crippen LogP) is 3.00. The summed E-state index contributed by atoms with van der Waals surface area (Å²) in [5, 5.41) is 3.99. The van der Waals surface area contributed by atoms with E-state index in [1.165, 1.54) is 16.0 Å². The molecule has 2 rings (SSSR count). The summed E-state index contributed by atoms with van der Waals surface area (Å²) in [5.41, 5.74) is 2.72. The van der Waals surface area contributed by atoms with E-state index in [1.54, 1.807) is 7.11 Å². The average Bonchev–Trinajstić information content (AvgIpc) is 2.82. The number of thioether (sulfide) groups is 1. The van der Waals surface area contributed by atoms with Gasteiger partial charge in [0.2, 0.25) is 0 Å². The van der Waals surface area contributed by atoms with Crippen molar-refractivity contribution >= 4 is 11.8 Å². The fraction of sp³-hybridized carbons (Fsp3) is 0.625. The van der Waals surface area contributed by atoms with Crippen LogP contribution in [0.3, 0.4) is 0 Å². The summed E-state index contributed by atoms with van der Waals surface area (Å²) in [4.78, 5) is 1.35. The van der Waals surface area contributed by atoms with Gasteiger partial charge in [0.1, 0.15) is 0 Å². The van der Waals surface area contributed by atoms with Gasteiger partial charge in [0.15, 0.2) is 0 Å². The minimum atomic E-state index is 0.371. The topological polar surface area (TPSA) is 30.5 Å². The number of methoxy groups -OCH3 is 1. The molecule has 2 unspecified atom stereocenters. The van der Waals surface area contributed by atoms with Crippen molar-refractivity contribution in [1.82, 2.24) is 5.32 Å². The maximum absolute atomic E-state index is 5.63. The molecule has 0 amide bonds. The summed E-state index contributed by atoms with van der Waals surface area (Å²) in [7, 11) is 1.73. The first kappa shape index (κ1) is 15.8. The Hall–Kier alpha value is -0.550. The second-order valence-electron chi connectivity index (χ2n) is 5.28. The molecule has 1 aromatic carbocycles. The van der Waals surface area contributed by atoms with E-state index in [-0.39, 0.29) is 0 Å². The summed E-state index contributed by atoms with van der Waals surface area (Å²) >= 11 is 1.95. The van der Waals surface area contributed by atoms with E-state index in [9.17, 15) is 0 Å². The number of aryl methyl sites for hydroxylation is 1. The minimum absolute atomic E-state index is 0.371. The molecule has 1 aromatic rings. The molecule has 0 aliphatic carbocycles. The molecular weight excluding hydrogens is 270 g/mol. The molecule has 2 atom stereocenters. The highest BCUT2D eigenvalue weighted by Gasteiger charge is 2.25. The van der Waals surface area contributed by atoms with E-state index in [0.717, 1.165) is 32.7 Å². The van der Waals surface area contributed by atoms with E-state index in [1.807, 2.05) is 11.8 Å². The van der Waals surface area contributed by atoms with Crippen molar-refractivity contribution in [3.8, 4) is 0 Å². The average molecular weight is 295 g/mol. The van der Waals surface area contributed by atoms with Crippen LogP contribution in [-0.2, 0) is 16.0 Å². The highest BCUT2D eigenvalue weighted by Crippen LogP contribution is 2.33. The molecule has 112 valence electrons. The molecule has 1 saturated heterocycles. The van der Waals surface area contributed by atoms with Crippen LogP contribution >= 0.6 is 11.8 Å². The number of benzene rings is 1. The summed E-state index contributed by atoms with van der Waals surface area (Å²) in [6, 6.07) is 6.76. The number of ether oxygens (including phenoxy) is 2. The molecule has 1 aliphatic heterocycles. The third kappa shape index (κ3) is 4.48. The number of hydrogen-bond acceptors (Lipinski definition) is 4. The lowest BCUT2D eigenvalue weighted by molar-refractivity contribution is 0.127. The van der Waals surface area contributed by atoms with Crippen molar-refractivity contribution in [2.24, 2.45) is 0 Å². The van der Waals surface area contributed by atoms with Gasteiger partial charge in [0.25, 0.3) is 0 Å². The molecule has 1 fully saturated rings. The summed E-state index contributed by atoms with van der Waals surface area (Å²) in [6.45, 7) is 7.82. The van der Waals surface area contributed by atoms with Gasteiger partial charge in [0, 0.05) is 37.0 Å². The molecule has 0 aromatic heterocycles. The second kappa shape index (κ2) is 8.03. The molecule has 0 radical (unpaired) electrons. The van der Waals surface area contributed by atoms with Crippen molar-refractivity contribution < 1.29 is 9.47 Å². The maximum Gasteiger partial charge on any atom is 0.0669 e. The van der Waals surface area contributed by atoms with E-state index >= 15 is 0 Å². The van der Waals surface area contributed by atoms with Gasteiger partial charge in [0.05, 0.1) is 12.7 Å². The molecular formula is C16H25NO2S. The van der Waals surface area contributed by atoms with Crippen LogP contribution in [0.1, 0.15) is 24.5 Å². The first-order valence-electron chi connectivity index (χ1n) is 7.28. The zero-order chi connectivity index (χ0) is 14.4. The number of rotatable bonds is 7. The van der Waals surface area contributed by atoms with Crippen LogP contribution in [0.4, 0.5) is 0 Å². The fourth-order valence-electron chi connectivity index (χ4n) is 2.38. The van der Waals surface area contributed by atoms with Crippen molar-refractivity contribution in [1.29, 1.82) is 0 Å². The Morgan fingerprint density at radius 1 is 1.45 bits per heavy atom. The van der Waals surface area contributed by atoms with Crippen LogP contribution in [0.15, 0.2) is 23.1 Å². The predicted molar refractivity (Wildman–Crippen MR) is 84.4 cm³/mol. The highest BCUT2D eigenvalue weighted by molar-refractivity contribution is 8.00. The van der Waals surface area contributed by atoms with Gasteiger partial charge in [-0.3, -0.25) is 0 Å². The summed E-state index contributed by atoms with van der Waals surface area (Å²) in [5.74, 6) is 0. The molecule has 1 aliphatic rings. The van der Waals surface area contributed by atoms with E-state index in [0.29, 0.717) is 11.4 Å². The normalized spacial score (nSPS) is 22.4. The van der Waals surface area contributed by atoms with Crippen LogP contribution in [0, 0.1) is 6.92 Å². The van der Waals surface area contributed by atoms with Gasteiger partial charge < -0.3 is 14.8 Å². The molecule has 3 nitrogen and oxygen atoms in total. The Morgan fingerprint density at radius 2 is 2.30 bits per heavy atom. The van der Waals surface area contributed by atoms with Crippen LogP contribution in [-0.4, -0.2) is 38.2 Å². The van der Waals surface area contributed by atoms with Crippen molar-refractivity contribution in [2.45, 2.75) is 43.1 Å². The minimum Gasteiger partial charge on any atom is -0.383 e. The maximum atomic E-state index is 5.63. The van der Waals surface area contributed by atoms with Crippen molar-refractivity contribution in [3.05, 3.63) is 29.3 Å². The van der Waals surface area contributed by atoms with Crippen molar-refractivity contribution in [2.75, 3.05) is 26.9 Å². The molecule has 20 heavy (non-hydrogen) atoms. The van der Waals surface area contributed by atoms with Gasteiger partial charge in [-0.1, -0.05) is 6.07 Å². The van der Waals surface area contributed by atoms with E-state index in [2.05, 4.69) is 37.4 Å². The second-order valence-corrected chi connectivity index (χ2v) is 6.59. The van der Waals surface area contributed by atoms with Crippen LogP contribution in [0.2, 0.25) is 0 Å². The monoisotopic (exact) mass is 295 g/mol. The largest absolute Gasteiger partial charge is 0.383 e. The zero-order valence-electron chi connectivity index (χ0n) is 12.6. The third-order valence-electron chi connectivity index (χ3n) is 3.71. The lowest BCUT2D eigenvalue weighted by atomic mass is 10.1. The van der Waals surface area contributed by atoms with E-state index < -0.39 is 0 Å². The zero-order valence-corrected chi connectivity index (χ0v) is 13.5. The molecule has 1 heterocycles. The van der Waals surface area contributed by atoms with Gasteiger partial charge in [-0.15, -0.1) is 11.8 Å². The van der Waals surface area contributed by atoms with Crippen LogP contribution in [0.25, 0.3) is 0 Å². The molecule has 1 N–H and O–H groups in total. The Labute approximate surface area is 126 Å². The van der Waals surface area contributed by atoms with Crippen molar-refractivity contribution in [3.63, 3.8) is 0 Å². The smallest absolute Gasteiger partial charge is 0.0669 e. The SMILES string of the molecule is COCCNCc1ccc(SC2CCOC2C)cc1C. The summed E-state index contributed by atoms with van der Waals surface area (Å²) in [6.07, 6.45) is 1.53. The molecule has 0 spiro atoms. The first-order chi connectivity index (χ1) is 9.70. The summed E-state index contributed by atoms with van der Waals surface area (Å²) < 4.78 is 10.7. The quantitative estimate of drug-likeness (QED) is 0.783. The van der Waals surface area contributed by atoms with Crippen LogP contribution in [0.5, 0.6) is 0 Å². The molecule has 0 bridgehead atoms. The lowest BCUT2D eigenvalue weighted by Crippen LogP contribution is -2.19. The number of hydrogen-bond donors (Lipinski definition) is 1. The van der Waals surface area contributed by atoms with E-state index in [4.69, 9.17) is 9.47 Å². The van der Waals surface area contributed by atoms with Gasteiger partial charge in [-0.25, -0.2) is 0 Å². The molecule has 4 heteroatoms. The Kier molecular flexibility index (Phi) is 6.36. The Morgan fingerprint density at radius 3 is 2.95 bits per heavy atom. The Balaban J connectivity index is 1.88. The van der Waals surface area contributed by atoms with Gasteiger partial charge >= 0.3 is 0 Å². The first-order valence-corrected chi connectivity index (χ1v) is 8.16. The fourth-order valence-corrected chi connectivity index (χ4v) is 3.60. The standard InChI is InChI=1S/C16H25NO2S/c1-12-10-15(20-16-6-8-19-13(16)2)5-4-14(12)11-17-7-9-18-3/h4-5,10,13,16-17H,6-9,11H2,1-3H3.